The Labute approximate surface area is 132 Å². The molecular weight excluding hydrogens is 282 g/mol. The van der Waals surface area contributed by atoms with Crippen molar-refractivity contribution < 1.29 is 14.6 Å². The summed E-state index contributed by atoms with van der Waals surface area (Å²) in [6.45, 7) is 8.55. The first-order chi connectivity index (χ1) is 10.5. The number of aliphatic hydroxyl groups excluding tert-OH is 1. The maximum atomic E-state index is 9.99. The van der Waals surface area contributed by atoms with E-state index in [4.69, 9.17) is 9.47 Å². The van der Waals surface area contributed by atoms with Crippen molar-refractivity contribution in [3.05, 3.63) is 17.5 Å². The number of ether oxygens (including phenoxy) is 2. The molecule has 0 amide bonds. The molecule has 0 spiro atoms. The molecule has 1 saturated heterocycles. The van der Waals surface area contributed by atoms with Crippen molar-refractivity contribution >= 4 is 0 Å². The molecule has 0 radical (unpaired) electrons. The van der Waals surface area contributed by atoms with E-state index in [1.54, 1.807) is 0 Å². The van der Waals surface area contributed by atoms with E-state index in [1.807, 2.05) is 17.9 Å². The molecule has 2 N–H and O–H groups in total. The number of nitrogens with zero attached hydrogens (tertiary/aromatic N) is 2. The topological polar surface area (TPSA) is 68.5 Å². The van der Waals surface area contributed by atoms with E-state index in [9.17, 15) is 5.11 Å². The van der Waals surface area contributed by atoms with Crippen LogP contribution in [0.4, 0.5) is 0 Å². The molecule has 1 aromatic rings. The minimum atomic E-state index is -0.491. The number of hydrogen-bond acceptors (Lipinski definition) is 5. The van der Waals surface area contributed by atoms with Crippen molar-refractivity contribution in [1.82, 2.24) is 15.1 Å². The van der Waals surface area contributed by atoms with Crippen LogP contribution < -0.4 is 5.32 Å². The highest BCUT2D eigenvalue weighted by Crippen LogP contribution is 2.30. The van der Waals surface area contributed by atoms with Crippen LogP contribution in [0.3, 0.4) is 0 Å². The lowest BCUT2D eigenvalue weighted by Gasteiger charge is -2.21. The Morgan fingerprint density at radius 1 is 1.50 bits per heavy atom. The van der Waals surface area contributed by atoms with Crippen LogP contribution in [0.5, 0.6) is 0 Å². The summed E-state index contributed by atoms with van der Waals surface area (Å²) in [5, 5.41) is 17.7. The number of aromatic nitrogens is 2. The summed E-state index contributed by atoms with van der Waals surface area (Å²) in [6, 6.07) is 0.211. The highest BCUT2D eigenvalue weighted by molar-refractivity contribution is 5.21. The Kier molecular flexibility index (Phi) is 6.37. The standard InChI is InChI=1S/C16H29N3O3/c1-11(2)9-21-10-13(20)7-17-15-5-6-22-16(15)14-8-18-19(4)12(14)3/h8,11,13,15-17,20H,5-7,9-10H2,1-4H3/t13-,15-,16+/m0/s1. The predicted octanol–water partition coefficient (Wildman–Crippen LogP) is 1.18. The summed E-state index contributed by atoms with van der Waals surface area (Å²) >= 11 is 0. The van der Waals surface area contributed by atoms with Crippen LogP contribution in [-0.2, 0) is 16.5 Å². The van der Waals surface area contributed by atoms with E-state index in [0.29, 0.717) is 25.7 Å². The van der Waals surface area contributed by atoms with Crippen molar-refractivity contribution in [2.75, 3.05) is 26.4 Å². The van der Waals surface area contributed by atoms with Gasteiger partial charge in [-0.25, -0.2) is 0 Å². The molecule has 1 aliphatic heterocycles. The molecule has 126 valence electrons. The van der Waals surface area contributed by atoms with Gasteiger partial charge < -0.3 is 19.9 Å². The highest BCUT2D eigenvalue weighted by Gasteiger charge is 2.31. The van der Waals surface area contributed by atoms with E-state index in [-0.39, 0.29) is 12.1 Å². The SMILES string of the molecule is Cc1c([C@H]2OCC[C@@H]2NC[C@H](O)COCC(C)C)cnn1C. The van der Waals surface area contributed by atoms with Gasteiger partial charge in [0.25, 0.3) is 0 Å². The van der Waals surface area contributed by atoms with Crippen molar-refractivity contribution in [1.29, 1.82) is 0 Å². The van der Waals surface area contributed by atoms with Crippen LogP contribution in [0.2, 0.25) is 0 Å². The Morgan fingerprint density at radius 2 is 2.27 bits per heavy atom. The van der Waals surface area contributed by atoms with E-state index in [1.165, 1.54) is 0 Å². The second-order valence-corrected chi connectivity index (χ2v) is 6.49. The zero-order valence-electron chi connectivity index (χ0n) is 14.1. The lowest BCUT2D eigenvalue weighted by atomic mass is 10.0. The van der Waals surface area contributed by atoms with Crippen molar-refractivity contribution in [2.24, 2.45) is 13.0 Å². The summed E-state index contributed by atoms with van der Waals surface area (Å²) in [5.41, 5.74) is 2.25. The van der Waals surface area contributed by atoms with Gasteiger partial charge in [0.1, 0.15) is 6.10 Å². The molecule has 2 rings (SSSR count). The van der Waals surface area contributed by atoms with Crippen LogP contribution in [-0.4, -0.2) is 53.4 Å². The second kappa shape index (κ2) is 8.06. The van der Waals surface area contributed by atoms with Gasteiger partial charge in [0.05, 0.1) is 18.9 Å². The van der Waals surface area contributed by atoms with E-state index < -0.39 is 6.10 Å². The molecule has 1 fully saturated rings. The molecule has 0 aromatic carbocycles. The predicted molar refractivity (Wildman–Crippen MR) is 84.7 cm³/mol. The second-order valence-electron chi connectivity index (χ2n) is 6.49. The zero-order chi connectivity index (χ0) is 16.1. The van der Waals surface area contributed by atoms with Gasteiger partial charge in [-0.05, 0) is 19.3 Å². The van der Waals surface area contributed by atoms with Gasteiger partial charge in [0, 0.05) is 44.1 Å². The average molecular weight is 311 g/mol. The summed E-state index contributed by atoms with van der Waals surface area (Å²) < 4.78 is 13.2. The summed E-state index contributed by atoms with van der Waals surface area (Å²) in [6.07, 6.45) is 2.34. The molecule has 2 heterocycles. The number of nitrogens with one attached hydrogen (secondary N) is 1. The smallest absolute Gasteiger partial charge is 0.101 e. The summed E-state index contributed by atoms with van der Waals surface area (Å²) in [7, 11) is 1.94. The minimum Gasteiger partial charge on any atom is -0.389 e. The molecule has 22 heavy (non-hydrogen) atoms. The maximum Gasteiger partial charge on any atom is 0.101 e. The molecule has 6 heteroatoms. The molecule has 0 aliphatic carbocycles. The first kappa shape index (κ1) is 17.4. The Morgan fingerprint density at radius 3 is 2.91 bits per heavy atom. The van der Waals surface area contributed by atoms with Crippen LogP contribution in [0, 0.1) is 12.8 Å². The molecule has 0 saturated carbocycles. The van der Waals surface area contributed by atoms with Gasteiger partial charge in [-0.15, -0.1) is 0 Å². The van der Waals surface area contributed by atoms with Crippen molar-refractivity contribution in [3.8, 4) is 0 Å². The van der Waals surface area contributed by atoms with E-state index in [2.05, 4.69) is 31.2 Å². The summed E-state index contributed by atoms with van der Waals surface area (Å²) in [5.74, 6) is 0.487. The molecule has 0 unspecified atom stereocenters. The highest BCUT2D eigenvalue weighted by atomic mass is 16.5. The average Bonchev–Trinajstić information content (AvgIpc) is 3.04. The summed E-state index contributed by atoms with van der Waals surface area (Å²) in [4.78, 5) is 0. The van der Waals surface area contributed by atoms with E-state index in [0.717, 1.165) is 24.3 Å². The third-order valence-electron chi connectivity index (χ3n) is 4.05. The lowest BCUT2D eigenvalue weighted by molar-refractivity contribution is 0.0228. The Bertz CT molecular complexity index is 461. The first-order valence-corrected chi connectivity index (χ1v) is 8.08. The Balaban J connectivity index is 1.80. The van der Waals surface area contributed by atoms with Crippen LogP contribution in [0.15, 0.2) is 6.20 Å². The molecule has 1 aliphatic rings. The number of rotatable bonds is 8. The van der Waals surface area contributed by atoms with Gasteiger partial charge >= 0.3 is 0 Å². The fourth-order valence-electron chi connectivity index (χ4n) is 2.69. The monoisotopic (exact) mass is 311 g/mol. The fraction of sp³-hybridized carbons (Fsp3) is 0.812. The zero-order valence-corrected chi connectivity index (χ0v) is 14.1. The maximum absolute atomic E-state index is 9.99. The van der Waals surface area contributed by atoms with Crippen molar-refractivity contribution in [2.45, 2.75) is 45.4 Å². The van der Waals surface area contributed by atoms with Gasteiger partial charge in [-0.2, -0.15) is 5.10 Å². The van der Waals surface area contributed by atoms with Crippen molar-refractivity contribution in [3.63, 3.8) is 0 Å². The van der Waals surface area contributed by atoms with Gasteiger partial charge in [-0.3, -0.25) is 4.68 Å². The van der Waals surface area contributed by atoms with Crippen LogP contribution in [0.1, 0.15) is 37.6 Å². The molecular formula is C16H29N3O3. The van der Waals surface area contributed by atoms with Gasteiger partial charge in [-0.1, -0.05) is 13.8 Å². The molecule has 3 atom stereocenters. The fourth-order valence-corrected chi connectivity index (χ4v) is 2.69. The number of aliphatic hydroxyl groups is 1. The first-order valence-electron chi connectivity index (χ1n) is 8.08. The molecule has 0 bridgehead atoms. The Hall–Kier alpha value is -0.950. The normalized spacial score (nSPS) is 23.4. The molecule has 1 aromatic heterocycles. The van der Waals surface area contributed by atoms with Gasteiger partial charge in [0.2, 0.25) is 0 Å². The number of aryl methyl sites for hydroxylation is 1. The molecule has 6 nitrogen and oxygen atoms in total. The van der Waals surface area contributed by atoms with Gasteiger partial charge in [0.15, 0.2) is 0 Å². The van der Waals surface area contributed by atoms with Crippen LogP contribution in [0.25, 0.3) is 0 Å². The van der Waals surface area contributed by atoms with E-state index >= 15 is 0 Å². The van der Waals surface area contributed by atoms with Crippen LogP contribution >= 0.6 is 0 Å². The third-order valence-corrected chi connectivity index (χ3v) is 4.05. The third kappa shape index (κ3) is 4.52. The largest absolute Gasteiger partial charge is 0.389 e. The lowest BCUT2D eigenvalue weighted by Crippen LogP contribution is -2.39. The quantitative estimate of drug-likeness (QED) is 0.754. The number of hydrogen-bond donors (Lipinski definition) is 2. The minimum absolute atomic E-state index is 0.0116.